The van der Waals surface area contributed by atoms with Gasteiger partial charge in [0.2, 0.25) is 0 Å². The van der Waals surface area contributed by atoms with E-state index in [1.165, 1.54) is 0 Å². The number of ketones is 1. The molecule has 0 saturated carbocycles. The summed E-state index contributed by atoms with van der Waals surface area (Å²) in [5, 5.41) is 0. The van der Waals surface area contributed by atoms with Crippen LogP contribution in [0.25, 0.3) is 0 Å². The summed E-state index contributed by atoms with van der Waals surface area (Å²) in [6, 6.07) is 7.76. The number of carbonyl (C=O) groups is 1. The molecule has 1 saturated heterocycles. The fourth-order valence-corrected chi connectivity index (χ4v) is 2.81. The number of thioether (sulfide) groups is 1. The number of carbonyl (C=O) groups excluding carboxylic acids is 1. The maximum atomic E-state index is 12.5. The normalized spacial score (nSPS) is 18.6. The van der Waals surface area contributed by atoms with Crippen molar-refractivity contribution in [3.8, 4) is 0 Å². The maximum Gasteiger partial charge on any atom is 0.180 e. The molecule has 2 rings (SSSR count). The summed E-state index contributed by atoms with van der Waals surface area (Å²) in [7, 11) is 0. The first-order valence-corrected chi connectivity index (χ1v) is 7.45. The van der Waals surface area contributed by atoms with Gasteiger partial charge in [0, 0.05) is 23.5 Å². The molecule has 18 heavy (non-hydrogen) atoms. The van der Waals surface area contributed by atoms with Gasteiger partial charge in [0.15, 0.2) is 5.78 Å². The highest BCUT2D eigenvalue weighted by Gasteiger charge is 2.25. The van der Waals surface area contributed by atoms with Crippen molar-refractivity contribution in [1.82, 2.24) is 4.90 Å². The van der Waals surface area contributed by atoms with Gasteiger partial charge in [-0.15, -0.1) is 11.8 Å². The van der Waals surface area contributed by atoms with Crippen LogP contribution in [0.2, 0.25) is 0 Å². The van der Waals surface area contributed by atoms with E-state index in [1.807, 2.05) is 37.4 Å². The molecule has 1 aromatic rings. The van der Waals surface area contributed by atoms with Crippen molar-refractivity contribution < 1.29 is 9.53 Å². The van der Waals surface area contributed by atoms with Crippen LogP contribution in [0.5, 0.6) is 0 Å². The first-order valence-electron chi connectivity index (χ1n) is 6.23. The molecule has 3 nitrogen and oxygen atoms in total. The molecule has 0 aliphatic carbocycles. The van der Waals surface area contributed by atoms with E-state index in [-0.39, 0.29) is 11.8 Å². The Morgan fingerprint density at radius 2 is 2.00 bits per heavy atom. The van der Waals surface area contributed by atoms with Crippen molar-refractivity contribution in [1.29, 1.82) is 0 Å². The van der Waals surface area contributed by atoms with E-state index in [1.54, 1.807) is 11.8 Å². The first-order chi connectivity index (χ1) is 8.74. The van der Waals surface area contributed by atoms with E-state index in [9.17, 15) is 4.79 Å². The third-order valence-electron chi connectivity index (χ3n) is 3.35. The van der Waals surface area contributed by atoms with Crippen LogP contribution >= 0.6 is 11.8 Å². The molecule has 1 fully saturated rings. The Morgan fingerprint density at radius 1 is 1.33 bits per heavy atom. The highest BCUT2D eigenvalue weighted by atomic mass is 32.2. The average Bonchev–Trinajstić information content (AvgIpc) is 2.46. The summed E-state index contributed by atoms with van der Waals surface area (Å²) in [5.74, 6) is 0.210. The molecule has 0 aromatic heterocycles. The average molecular weight is 265 g/mol. The molecule has 1 unspecified atom stereocenters. The minimum Gasteiger partial charge on any atom is -0.379 e. The van der Waals surface area contributed by atoms with Gasteiger partial charge < -0.3 is 4.74 Å². The highest BCUT2D eigenvalue weighted by molar-refractivity contribution is 7.98. The van der Waals surface area contributed by atoms with E-state index in [2.05, 4.69) is 4.90 Å². The van der Waals surface area contributed by atoms with Crippen LogP contribution < -0.4 is 0 Å². The summed E-state index contributed by atoms with van der Waals surface area (Å²) < 4.78 is 5.32. The predicted molar refractivity (Wildman–Crippen MR) is 74.4 cm³/mol. The van der Waals surface area contributed by atoms with Gasteiger partial charge in [0.25, 0.3) is 0 Å². The van der Waals surface area contributed by atoms with Gasteiger partial charge >= 0.3 is 0 Å². The summed E-state index contributed by atoms with van der Waals surface area (Å²) in [4.78, 5) is 15.8. The number of morpholine rings is 1. The van der Waals surface area contributed by atoms with E-state index in [0.29, 0.717) is 0 Å². The van der Waals surface area contributed by atoms with E-state index in [4.69, 9.17) is 4.74 Å². The van der Waals surface area contributed by atoms with Gasteiger partial charge in [-0.3, -0.25) is 9.69 Å². The van der Waals surface area contributed by atoms with E-state index in [0.717, 1.165) is 36.8 Å². The molecule has 0 spiro atoms. The third kappa shape index (κ3) is 2.94. The van der Waals surface area contributed by atoms with Crippen LogP contribution in [-0.4, -0.2) is 49.3 Å². The van der Waals surface area contributed by atoms with Crippen molar-refractivity contribution >= 4 is 17.5 Å². The number of benzene rings is 1. The zero-order valence-electron chi connectivity index (χ0n) is 10.9. The summed E-state index contributed by atoms with van der Waals surface area (Å²) >= 11 is 1.62. The summed E-state index contributed by atoms with van der Waals surface area (Å²) in [6.07, 6.45) is 2.01. The van der Waals surface area contributed by atoms with E-state index < -0.39 is 0 Å². The molecular formula is C14H19NO2S. The van der Waals surface area contributed by atoms with Crippen molar-refractivity contribution in [3.05, 3.63) is 29.8 Å². The van der Waals surface area contributed by atoms with Gasteiger partial charge in [0.1, 0.15) is 0 Å². The Bertz CT molecular complexity index is 416. The zero-order valence-corrected chi connectivity index (χ0v) is 11.7. The van der Waals surface area contributed by atoms with Crippen molar-refractivity contribution in [2.75, 3.05) is 32.6 Å². The third-order valence-corrected chi connectivity index (χ3v) is 4.14. The van der Waals surface area contributed by atoms with Crippen LogP contribution in [0.1, 0.15) is 17.3 Å². The van der Waals surface area contributed by atoms with E-state index >= 15 is 0 Å². The second-order valence-electron chi connectivity index (χ2n) is 4.39. The Hall–Kier alpha value is -0.840. The van der Waals surface area contributed by atoms with Gasteiger partial charge in [-0.25, -0.2) is 0 Å². The standard InChI is InChI=1S/C14H19NO2S/c1-11(15-7-9-17-10-8-15)14(16)12-5-3-4-6-13(12)18-2/h3-6,11H,7-10H2,1-2H3. The monoisotopic (exact) mass is 265 g/mol. The smallest absolute Gasteiger partial charge is 0.180 e. The molecular weight excluding hydrogens is 246 g/mol. The van der Waals surface area contributed by atoms with Crippen molar-refractivity contribution in [2.24, 2.45) is 0 Å². The predicted octanol–water partition coefficient (Wildman–Crippen LogP) is 2.31. The molecule has 0 N–H and O–H groups in total. The topological polar surface area (TPSA) is 29.5 Å². The lowest BCUT2D eigenvalue weighted by Gasteiger charge is -2.31. The second-order valence-corrected chi connectivity index (χ2v) is 5.24. The Labute approximate surface area is 113 Å². The molecule has 0 bridgehead atoms. The molecule has 1 heterocycles. The minimum absolute atomic E-state index is 0.0674. The number of Topliss-reactive ketones (excluding diaryl/α,β-unsaturated/α-hetero) is 1. The first kappa shape index (κ1) is 13.6. The lowest BCUT2D eigenvalue weighted by atomic mass is 10.0. The lowest BCUT2D eigenvalue weighted by molar-refractivity contribution is 0.0208. The summed E-state index contributed by atoms with van der Waals surface area (Å²) in [6.45, 7) is 5.12. The van der Waals surface area contributed by atoms with Gasteiger partial charge in [-0.1, -0.05) is 18.2 Å². The van der Waals surface area contributed by atoms with Crippen LogP contribution in [0.3, 0.4) is 0 Å². The summed E-state index contributed by atoms with van der Waals surface area (Å²) in [5.41, 5.74) is 0.837. The SMILES string of the molecule is CSc1ccccc1C(=O)C(C)N1CCOCC1. The molecule has 1 atom stereocenters. The zero-order chi connectivity index (χ0) is 13.0. The van der Waals surface area contributed by atoms with Gasteiger partial charge in [-0.2, -0.15) is 0 Å². The molecule has 1 aliphatic rings. The number of hydrogen-bond acceptors (Lipinski definition) is 4. The Balaban J connectivity index is 2.14. The Kier molecular flexibility index (Phi) is 4.80. The number of ether oxygens (including phenoxy) is 1. The Morgan fingerprint density at radius 3 is 2.67 bits per heavy atom. The molecule has 4 heteroatoms. The van der Waals surface area contributed by atoms with Crippen LogP contribution in [0, 0.1) is 0 Å². The van der Waals surface area contributed by atoms with Crippen molar-refractivity contribution in [3.63, 3.8) is 0 Å². The second kappa shape index (κ2) is 6.36. The quantitative estimate of drug-likeness (QED) is 0.617. The fraction of sp³-hybridized carbons (Fsp3) is 0.500. The molecule has 0 radical (unpaired) electrons. The maximum absolute atomic E-state index is 12.5. The number of hydrogen-bond donors (Lipinski definition) is 0. The van der Waals surface area contributed by atoms with Gasteiger partial charge in [-0.05, 0) is 19.2 Å². The minimum atomic E-state index is -0.0674. The highest BCUT2D eigenvalue weighted by Crippen LogP contribution is 2.22. The number of nitrogens with zero attached hydrogens (tertiary/aromatic N) is 1. The van der Waals surface area contributed by atoms with Crippen LogP contribution in [-0.2, 0) is 4.74 Å². The molecule has 98 valence electrons. The molecule has 1 aliphatic heterocycles. The number of rotatable bonds is 4. The molecule has 1 aromatic carbocycles. The lowest BCUT2D eigenvalue weighted by Crippen LogP contribution is -2.45. The van der Waals surface area contributed by atoms with Crippen LogP contribution in [0.4, 0.5) is 0 Å². The van der Waals surface area contributed by atoms with Gasteiger partial charge in [0.05, 0.1) is 19.3 Å². The molecule has 0 amide bonds. The fourth-order valence-electron chi connectivity index (χ4n) is 2.20. The van der Waals surface area contributed by atoms with Crippen molar-refractivity contribution in [2.45, 2.75) is 17.9 Å². The largest absolute Gasteiger partial charge is 0.379 e. The van der Waals surface area contributed by atoms with Crippen LogP contribution in [0.15, 0.2) is 29.2 Å².